The Morgan fingerprint density at radius 1 is 1.41 bits per heavy atom. The van der Waals surface area contributed by atoms with Crippen LogP contribution >= 0.6 is 27.3 Å². The molecule has 2 N–H and O–H groups in total. The van der Waals surface area contributed by atoms with Crippen molar-refractivity contribution < 1.29 is 0 Å². The second-order valence-corrected chi connectivity index (χ2v) is 6.59. The summed E-state index contributed by atoms with van der Waals surface area (Å²) in [4.78, 5) is 4.62. The van der Waals surface area contributed by atoms with Gasteiger partial charge in [-0.05, 0) is 26.0 Å². The summed E-state index contributed by atoms with van der Waals surface area (Å²) in [5.41, 5.74) is 8.00. The zero-order valence-corrected chi connectivity index (χ0v) is 12.3. The number of halogens is 1. The van der Waals surface area contributed by atoms with Crippen LogP contribution in [0.25, 0.3) is 10.6 Å². The Bertz CT molecular complexity index is 514. The van der Waals surface area contributed by atoms with Crippen molar-refractivity contribution in [3.05, 3.63) is 39.8 Å². The molecule has 0 saturated heterocycles. The minimum atomic E-state index is -0.206. The number of benzene rings is 1. The molecule has 0 saturated carbocycles. The smallest absolute Gasteiger partial charge is 0.123 e. The van der Waals surface area contributed by atoms with Gasteiger partial charge in [0.15, 0.2) is 0 Å². The molecule has 17 heavy (non-hydrogen) atoms. The van der Waals surface area contributed by atoms with E-state index < -0.39 is 0 Å². The Morgan fingerprint density at radius 2 is 2.18 bits per heavy atom. The number of hydrogen-bond donors (Lipinski definition) is 1. The normalized spacial score (nSPS) is 11.8. The summed E-state index contributed by atoms with van der Waals surface area (Å²) in [6.07, 6.45) is 0.803. The van der Waals surface area contributed by atoms with Gasteiger partial charge in [-0.2, -0.15) is 0 Å². The van der Waals surface area contributed by atoms with Gasteiger partial charge in [0.05, 0.1) is 5.69 Å². The summed E-state index contributed by atoms with van der Waals surface area (Å²) in [5.74, 6) is 0. The van der Waals surface area contributed by atoms with E-state index in [-0.39, 0.29) is 5.54 Å². The molecule has 1 heterocycles. The van der Waals surface area contributed by atoms with E-state index in [0.717, 1.165) is 27.2 Å². The van der Waals surface area contributed by atoms with E-state index in [1.54, 1.807) is 11.3 Å². The molecule has 0 radical (unpaired) electrons. The number of nitrogens with two attached hydrogens (primary N) is 1. The average Bonchev–Trinajstić information content (AvgIpc) is 2.63. The van der Waals surface area contributed by atoms with Gasteiger partial charge in [-0.1, -0.05) is 28.1 Å². The second kappa shape index (κ2) is 4.88. The number of nitrogens with zero attached hydrogens (tertiary/aromatic N) is 1. The monoisotopic (exact) mass is 310 g/mol. The van der Waals surface area contributed by atoms with Crippen LogP contribution in [0, 0.1) is 0 Å². The van der Waals surface area contributed by atoms with Crippen molar-refractivity contribution in [1.82, 2.24) is 4.98 Å². The summed E-state index contributed by atoms with van der Waals surface area (Å²) in [6.45, 7) is 4.04. The number of rotatable bonds is 3. The average molecular weight is 311 g/mol. The van der Waals surface area contributed by atoms with E-state index in [9.17, 15) is 0 Å². The molecule has 2 aromatic rings. The van der Waals surface area contributed by atoms with Gasteiger partial charge >= 0.3 is 0 Å². The Balaban J connectivity index is 2.24. The fraction of sp³-hybridized carbons (Fsp3) is 0.308. The molecule has 4 heteroatoms. The molecule has 0 unspecified atom stereocenters. The first-order chi connectivity index (χ1) is 7.94. The highest BCUT2D eigenvalue weighted by molar-refractivity contribution is 9.10. The lowest BCUT2D eigenvalue weighted by Crippen LogP contribution is -2.34. The van der Waals surface area contributed by atoms with Gasteiger partial charge in [0, 0.05) is 27.4 Å². The molecule has 1 aromatic heterocycles. The van der Waals surface area contributed by atoms with Crippen molar-refractivity contribution in [3.8, 4) is 10.6 Å². The number of aromatic nitrogens is 1. The summed E-state index contributed by atoms with van der Waals surface area (Å²) in [6, 6.07) is 8.19. The first-order valence-corrected chi connectivity index (χ1v) is 7.10. The maximum absolute atomic E-state index is 6.00. The highest BCUT2D eigenvalue weighted by atomic mass is 79.9. The van der Waals surface area contributed by atoms with Crippen molar-refractivity contribution >= 4 is 27.3 Å². The summed E-state index contributed by atoms with van der Waals surface area (Å²) in [5, 5.41) is 3.13. The largest absolute Gasteiger partial charge is 0.325 e. The van der Waals surface area contributed by atoms with E-state index in [1.165, 1.54) is 0 Å². The maximum atomic E-state index is 6.00. The lowest BCUT2D eigenvalue weighted by atomic mass is 10.0. The molecular formula is C13H15BrN2S. The van der Waals surface area contributed by atoms with Gasteiger partial charge in [0.1, 0.15) is 5.01 Å². The molecule has 0 aliphatic carbocycles. The van der Waals surface area contributed by atoms with Crippen LogP contribution in [-0.2, 0) is 6.42 Å². The van der Waals surface area contributed by atoms with Crippen LogP contribution in [0.3, 0.4) is 0 Å². The van der Waals surface area contributed by atoms with E-state index in [2.05, 4.69) is 38.4 Å². The van der Waals surface area contributed by atoms with Gasteiger partial charge in [0.25, 0.3) is 0 Å². The van der Waals surface area contributed by atoms with Crippen molar-refractivity contribution in [2.24, 2.45) is 5.73 Å². The highest BCUT2D eigenvalue weighted by Crippen LogP contribution is 2.27. The Labute approximate surface area is 114 Å². The first kappa shape index (κ1) is 12.7. The van der Waals surface area contributed by atoms with Crippen LogP contribution in [0.4, 0.5) is 0 Å². The van der Waals surface area contributed by atoms with E-state index in [4.69, 9.17) is 5.73 Å². The lowest BCUT2D eigenvalue weighted by molar-refractivity contribution is 0.511. The maximum Gasteiger partial charge on any atom is 0.123 e. The number of hydrogen-bond acceptors (Lipinski definition) is 3. The second-order valence-electron chi connectivity index (χ2n) is 4.82. The third kappa shape index (κ3) is 3.63. The van der Waals surface area contributed by atoms with Crippen molar-refractivity contribution in [2.45, 2.75) is 25.8 Å². The third-order valence-corrected chi connectivity index (χ3v) is 3.69. The van der Waals surface area contributed by atoms with Crippen molar-refractivity contribution in [3.63, 3.8) is 0 Å². The zero-order valence-electron chi connectivity index (χ0n) is 9.90. The van der Waals surface area contributed by atoms with E-state index in [0.29, 0.717) is 0 Å². The molecule has 2 rings (SSSR count). The third-order valence-electron chi connectivity index (χ3n) is 2.26. The molecule has 0 fully saturated rings. The van der Waals surface area contributed by atoms with Gasteiger partial charge in [-0.3, -0.25) is 0 Å². The van der Waals surface area contributed by atoms with Gasteiger partial charge < -0.3 is 5.73 Å². The Hall–Kier alpha value is -0.710. The van der Waals surface area contributed by atoms with Crippen LogP contribution in [0.15, 0.2) is 34.1 Å². The minimum Gasteiger partial charge on any atom is -0.325 e. The highest BCUT2D eigenvalue weighted by Gasteiger charge is 2.14. The van der Waals surface area contributed by atoms with Crippen LogP contribution in [-0.4, -0.2) is 10.5 Å². The summed E-state index contributed by atoms with van der Waals surface area (Å²) in [7, 11) is 0. The SMILES string of the molecule is CC(C)(N)Cc1csc(-c2cccc(Br)c2)n1. The van der Waals surface area contributed by atoms with Crippen molar-refractivity contribution in [1.29, 1.82) is 0 Å². The Kier molecular flexibility index (Phi) is 3.66. The minimum absolute atomic E-state index is 0.206. The standard InChI is InChI=1S/C13H15BrN2S/c1-13(2,15)7-11-8-17-12(16-11)9-4-3-5-10(14)6-9/h3-6,8H,7,15H2,1-2H3. The fourth-order valence-corrected chi connectivity index (χ4v) is 2.83. The quantitative estimate of drug-likeness (QED) is 0.935. The predicted octanol–water partition coefficient (Wildman–Crippen LogP) is 3.85. The van der Waals surface area contributed by atoms with Crippen LogP contribution in [0.1, 0.15) is 19.5 Å². The molecule has 0 bridgehead atoms. The zero-order chi connectivity index (χ0) is 12.5. The predicted molar refractivity (Wildman–Crippen MR) is 77.2 cm³/mol. The molecule has 0 amide bonds. The van der Waals surface area contributed by atoms with E-state index >= 15 is 0 Å². The molecule has 0 atom stereocenters. The fourth-order valence-electron chi connectivity index (χ4n) is 1.61. The molecule has 0 aliphatic rings. The lowest BCUT2D eigenvalue weighted by Gasteiger charge is -2.16. The molecule has 90 valence electrons. The van der Waals surface area contributed by atoms with Crippen molar-refractivity contribution in [2.75, 3.05) is 0 Å². The van der Waals surface area contributed by atoms with Gasteiger partial charge in [-0.15, -0.1) is 11.3 Å². The first-order valence-electron chi connectivity index (χ1n) is 5.43. The van der Waals surface area contributed by atoms with E-state index in [1.807, 2.05) is 26.0 Å². The molecule has 2 nitrogen and oxygen atoms in total. The van der Waals surface area contributed by atoms with Gasteiger partial charge in [0.2, 0.25) is 0 Å². The molecular weight excluding hydrogens is 296 g/mol. The van der Waals surface area contributed by atoms with Crippen LogP contribution in [0.5, 0.6) is 0 Å². The van der Waals surface area contributed by atoms with Gasteiger partial charge in [-0.25, -0.2) is 4.98 Å². The molecule has 0 aliphatic heterocycles. The topological polar surface area (TPSA) is 38.9 Å². The van der Waals surface area contributed by atoms with Crippen LogP contribution < -0.4 is 5.73 Å². The Morgan fingerprint density at radius 3 is 2.82 bits per heavy atom. The number of thiazole rings is 1. The molecule has 1 aromatic carbocycles. The molecule has 0 spiro atoms. The summed E-state index contributed by atoms with van der Waals surface area (Å²) >= 11 is 5.14. The summed E-state index contributed by atoms with van der Waals surface area (Å²) < 4.78 is 1.07. The van der Waals surface area contributed by atoms with Crippen LogP contribution in [0.2, 0.25) is 0 Å².